The second kappa shape index (κ2) is 7.69. The van der Waals surface area contributed by atoms with Gasteiger partial charge in [0.2, 0.25) is 5.90 Å². The lowest BCUT2D eigenvalue weighted by Crippen LogP contribution is -2.03. The Hall–Kier alpha value is -3.04. The molecule has 2 heterocycles. The van der Waals surface area contributed by atoms with Crippen LogP contribution in [-0.2, 0) is 9.53 Å². The van der Waals surface area contributed by atoms with Crippen LogP contribution < -0.4 is 9.47 Å². The van der Waals surface area contributed by atoms with Crippen LogP contribution in [0.25, 0.3) is 6.08 Å². The maximum Gasteiger partial charge on any atom is 0.363 e. The normalized spacial score (nSPS) is 14.8. The van der Waals surface area contributed by atoms with E-state index in [9.17, 15) is 4.79 Å². The van der Waals surface area contributed by atoms with E-state index in [0.717, 1.165) is 10.4 Å². The molecule has 5 nitrogen and oxygen atoms in total. The Balaban J connectivity index is 1.88. The van der Waals surface area contributed by atoms with Gasteiger partial charge in [0.25, 0.3) is 0 Å². The Morgan fingerprint density at radius 1 is 1.32 bits per heavy atom. The molecule has 2 aromatic rings. The summed E-state index contributed by atoms with van der Waals surface area (Å²) >= 11 is 1.46. The van der Waals surface area contributed by atoms with Gasteiger partial charge in [-0.2, -0.15) is 0 Å². The van der Waals surface area contributed by atoms with Gasteiger partial charge in [-0.1, -0.05) is 18.1 Å². The topological polar surface area (TPSA) is 57.1 Å². The van der Waals surface area contributed by atoms with Gasteiger partial charge < -0.3 is 14.2 Å². The van der Waals surface area contributed by atoms with E-state index in [1.165, 1.54) is 11.3 Å². The first kappa shape index (κ1) is 16.8. The number of esters is 1. The molecule has 0 aliphatic carbocycles. The Morgan fingerprint density at radius 3 is 2.92 bits per heavy atom. The molecule has 1 aliphatic heterocycles. The van der Waals surface area contributed by atoms with Crippen LogP contribution in [0.3, 0.4) is 0 Å². The van der Waals surface area contributed by atoms with Crippen molar-refractivity contribution in [3.05, 3.63) is 51.8 Å². The van der Waals surface area contributed by atoms with Gasteiger partial charge in [-0.15, -0.1) is 17.8 Å². The zero-order valence-corrected chi connectivity index (χ0v) is 14.3. The number of carbonyl (C=O) groups excluding carboxylic acids is 1. The van der Waals surface area contributed by atoms with Crippen molar-refractivity contribution in [1.82, 2.24) is 0 Å². The quantitative estimate of drug-likeness (QED) is 0.453. The summed E-state index contributed by atoms with van der Waals surface area (Å²) in [7, 11) is 0. The lowest BCUT2D eigenvalue weighted by atomic mass is 10.1. The number of carbonyl (C=O) groups is 1. The van der Waals surface area contributed by atoms with Gasteiger partial charge in [-0.3, -0.25) is 0 Å². The summed E-state index contributed by atoms with van der Waals surface area (Å²) in [6, 6.07) is 9.05. The first-order valence-electron chi connectivity index (χ1n) is 7.61. The third kappa shape index (κ3) is 3.90. The van der Waals surface area contributed by atoms with Crippen molar-refractivity contribution >= 4 is 29.3 Å². The number of rotatable bonds is 6. The summed E-state index contributed by atoms with van der Waals surface area (Å²) in [5.41, 5.74) is 0.989. The molecule has 0 atom stereocenters. The highest BCUT2D eigenvalue weighted by molar-refractivity contribution is 7.12. The van der Waals surface area contributed by atoms with Gasteiger partial charge in [-0.25, -0.2) is 9.79 Å². The number of benzene rings is 1. The van der Waals surface area contributed by atoms with Crippen LogP contribution in [0.15, 0.2) is 46.4 Å². The first-order valence-corrected chi connectivity index (χ1v) is 8.48. The van der Waals surface area contributed by atoms with Crippen molar-refractivity contribution in [3.63, 3.8) is 0 Å². The molecule has 1 aliphatic rings. The largest absolute Gasteiger partial charge is 0.490 e. The molecule has 0 bridgehead atoms. The highest BCUT2D eigenvalue weighted by Crippen LogP contribution is 2.30. The van der Waals surface area contributed by atoms with Crippen LogP contribution in [0.2, 0.25) is 0 Å². The summed E-state index contributed by atoms with van der Waals surface area (Å²) in [6.07, 6.45) is 6.87. The molecule has 3 rings (SSSR count). The van der Waals surface area contributed by atoms with Crippen LogP contribution >= 0.6 is 11.3 Å². The molecule has 0 radical (unpaired) electrons. The molecule has 0 saturated heterocycles. The van der Waals surface area contributed by atoms with E-state index >= 15 is 0 Å². The molecule has 25 heavy (non-hydrogen) atoms. The van der Waals surface area contributed by atoms with E-state index in [0.29, 0.717) is 24.0 Å². The number of hydrogen-bond donors (Lipinski definition) is 0. The number of thiophene rings is 1. The average Bonchev–Trinajstić information content (AvgIpc) is 3.25. The van der Waals surface area contributed by atoms with Crippen molar-refractivity contribution in [1.29, 1.82) is 0 Å². The van der Waals surface area contributed by atoms with Crippen molar-refractivity contribution in [2.24, 2.45) is 4.99 Å². The zero-order valence-electron chi connectivity index (χ0n) is 13.5. The van der Waals surface area contributed by atoms with Crippen molar-refractivity contribution < 1.29 is 19.0 Å². The predicted molar refractivity (Wildman–Crippen MR) is 96.9 cm³/mol. The minimum atomic E-state index is -0.478. The van der Waals surface area contributed by atoms with Gasteiger partial charge in [0.1, 0.15) is 6.61 Å². The van der Waals surface area contributed by atoms with Gasteiger partial charge in [-0.05, 0) is 42.1 Å². The summed E-state index contributed by atoms with van der Waals surface area (Å²) in [4.78, 5) is 17.1. The van der Waals surface area contributed by atoms with E-state index < -0.39 is 5.97 Å². The summed E-state index contributed by atoms with van der Waals surface area (Å²) in [6.45, 7) is 2.51. The molecule has 0 N–H and O–H groups in total. The minimum Gasteiger partial charge on any atom is -0.490 e. The number of terminal acetylenes is 1. The maximum absolute atomic E-state index is 12.0. The molecule has 0 spiro atoms. The van der Waals surface area contributed by atoms with Crippen LogP contribution in [0.4, 0.5) is 0 Å². The highest BCUT2D eigenvalue weighted by Gasteiger charge is 2.24. The maximum atomic E-state index is 12.0. The number of hydrogen-bond acceptors (Lipinski definition) is 6. The van der Waals surface area contributed by atoms with E-state index in [1.807, 2.05) is 24.4 Å². The summed E-state index contributed by atoms with van der Waals surface area (Å²) < 4.78 is 16.2. The first-order chi connectivity index (χ1) is 12.2. The SMILES string of the molecule is C#CCOc1ccc(C=C2N=C(c3cccs3)OC2=O)cc1OCC. The Labute approximate surface area is 149 Å². The third-order valence-corrected chi connectivity index (χ3v) is 4.09. The molecule has 1 aromatic carbocycles. The third-order valence-electron chi connectivity index (χ3n) is 3.23. The summed E-state index contributed by atoms with van der Waals surface area (Å²) in [5.74, 6) is 3.37. The van der Waals surface area contributed by atoms with Gasteiger partial charge in [0, 0.05) is 0 Å². The van der Waals surface area contributed by atoms with Crippen molar-refractivity contribution in [2.75, 3.05) is 13.2 Å². The van der Waals surface area contributed by atoms with Gasteiger partial charge >= 0.3 is 5.97 Å². The Kier molecular flexibility index (Phi) is 5.17. The Bertz CT molecular complexity index is 875. The fourth-order valence-corrected chi connectivity index (χ4v) is 2.84. The number of ether oxygens (including phenoxy) is 3. The van der Waals surface area contributed by atoms with Crippen LogP contribution in [-0.4, -0.2) is 25.1 Å². The minimum absolute atomic E-state index is 0.154. The van der Waals surface area contributed by atoms with E-state index in [4.69, 9.17) is 20.6 Å². The smallest absolute Gasteiger partial charge is 0.363 e. The lowest BCUT2D eigenvalue weighted by Gasteiger charge is -2.10. The molecule has 1 aromatic heterocycles. The fourth-order valence-electron chi connectivity index (χ4n) is 2.19. The summed E-state index contributed by atoms with van der Waals surface area (Å²) in [5, 5.41) is 1.90. The second-order valence-corrected chi connectivity index (χ2v) is 5.89. The molecular weight excluding hydrogens is 338 g/mol. The molecule has 6 heteroatoms. The van der Waals surface area contributed by atoms with Crippen molar-refractivity contribution in [2.45, 2.75) is 6.92 Å². The lowest BCUT2D eigenvalue weighted by molar-refractivity contribution is -0.129. The molecule has 0 amide bonds. The monoisotopic (exact) mass is 353 g/mol. The van der Waals surface area contributed by atoms with E-state index in [-0.39, 0.29) is 12.3 Å². The Morgan fingerprint density at radius 2 is 2.20 bits per heavy atom. The average molecular weight is 353 g/mol. The predicted octanol–water partition coefficient (Wildman–Crippen LogP) is 3.50. The fraction of sp³-hybridized carbons (Fsp3) is 0.158. The zero-order chi connectivity index (χ0) is 17.6. The standard InChI is InChI=1S/C19H15NO4S/c1-3-9-23-15-8-7-13(12-16(15)22-4-2)11-14-19(21)24-18(20-14)17-6-5-10-25-17/h1,5-8,10-12H,4,9H2,2H3. The van der Waals surface area contributed by atoms with Gasteiger partial charge in [0.15, 0.2) is 17.2 Å². The molecule has 0 unspecified atom stereocenters. The highest BCUT2D eigenvalue weighted by atomic mass is 32.1. The van der Waals surface area contributed by atoms with Crippen LogP contribution in [0, 0.1) is 12.3 Å². The van der Waals surface area contributed by atoms with E-state index in [1.54, 1.807) is 24.3 Å². The number of cyclic esters (lactones) is 1. The van der Waals surface area contributed by atoms with Crippen LogP contribution in [0.1, 0.15) is 17.4 Å². The van der Waals surface area contributed by atoms with E-state index in [2.05, 4.69) is 10.9 Å². The second-order valence-electron chi connectivity index (χ2n) is 4.95. The molecule has 126 valence electrons. The molecular formula is C19H15NO4S. The number of nitrogens with zero attached hydrogens (tertiary/aromatic N) is 1. The molecule has 0 saturated carbocycles. The molecule has 0 fully saturated rings. The number of aliphatic imine (C=N–C) groups is 1. The van der Waals surface area contributed by atoms with Crippen LogP contribution in [0.5, 0.6) is 11.5 Å². The van der Waals surface area contributed by atoms with Crippen molar-refractivity contribution in [3.8, 4) is 23.8 Å². The van der Waals surface area contributed by atoms with Gasteiger partial charge in [0.05, 0.1) is 11.5 Å².